The van der Waals surface area contributed by atoms with Crippen molar-refractivity contribution in [2.75, 3.05) is 13.7 Å². The van der Waals surface area contributed by atoms with Gasteiger partial charge in [-0.15, -0.1) is 0 Å². The molecule has 1 aromatic carbocycles. The highest BCUT2D eigenvalue weighted by Gasteiger charge is 2.35. The summed E-state index contributed by atoms with van der Waals surface area (Å²) < 4.78 is 36.7. The van der Waals surface area contributed by atoms with Gasteiger partial charge in [-0.05, 0) is 56.9 Å². The van der Waals surface area contributed by atoms with E-state index in [1.54, 1.807) is 0 Å². The molecule has 0 aliphatic heterocycles. The van der Waals surface area contributed by atoms with E-state index in [0.717, 1.165) is 12.8 Å². The lowest BCUT2D eigenvalue weighted by Crippen LogP contribution is -2.47. The molecule has 0 unspecified atom stereocenters. The van der Waals surface area contributed by atoms with Crippen LogP contribution in [-0.4, -0.2) is 45.6 Å². The van der Waals surface area contributed by atoms with E-state index in [-0.39, 0.29) is 4.90 Å². The van der Waals surface area contributed by atoms with Gasteiger partial charge in [-0.2, -0.15) is 9.98 Å². The van der Waals surface area contributed by atoms with Crippen LogP contribution in [0.15, 0.2) is 29.2 Å². The van der Waals surface area contributed by atoms with Crippen LogP contribution in [0.4, 0.5) is 0 Å². The van der Waals surface area contributed by atoms with Crippen LogP contribution in [0.3, 0.4) is 0 Å². The summed E-state index contributed by atoms with van der Waals surface area (Å²) in [6, 6.07) is 6.56. The summed E-state index contributed by atoms with van der Waals surface area (Å²) in [6.07, 6.45) is 2.80. The molecule has 9 nitrogen and oxygen atoms in total. The summed E-state index contributed by atoms with van der Waals surface area (Å²) >= 11 is 0. The second-order valence-corrected chi connectivity index (χ2v) is 8.29. The van der Waals surface area contributed by atoms with Crippen molar-refractivity contribution < 1.29 is 27.5 Å². The molecule has 2 rings (SSSR count). The highest BCUT2D eigenvalue weighted by atomic mass is 32.2. The maximum absolute atomic E-state index is 12.3. The van der Waals surface area contributed by atoms with Crippen molar-refractivity contribution in [3.63, 3.8) is 0 Å². The van der Waals surface area contributed by atoms with E-state index in [1.165, 1.54) is 38.3 Å². The molecule has 1 amide bonds. The number of amides is 1. The van der Waals surface area contributed by atoms with E-state index in [2.05, 4.69) is 16.1 Å². The highest BCUT2D eigenvalue weighted by molar-refractivity contribution is 7.89. The summed E-state index contributed by atoms with van der Waals surface area (Å²) in [5.41, 5.74) is -0.912. The zero-order valence-corrected chi connectivity index (χ0v) is 16.5. The van der Waals surface area contributed by atoms with Gasteiger partial charge in [0.2, 0.25) is 10.0 Å². The lowest BCUT2D eigenvalue weighted by Gasteiger charge is -2.22. The fourth-order valence-corrected chi connectivity index (χ4v) is 4.10. The van der Waals surface area contributed by atoms with E-state index in [1.807, 2.05) is 0 Å². The molecule has 152 valence electrons. The topological polar surface area (TPSA) is 135 Å². The predicted octanol–water partition coefficient (Wildman–Crippen LogP) is 0.858. The number of benzene rings is 1. The number of methoxy groups -OCH3 is 1. The molecular formula is C18H23N3O6S. The number of esters is 1. The Bertz CT molecular complexity index is 854. The van der Waals surface area contributed by atoms with Crippen LogP contribution in [0.2, 0.25) is 0 Å². The lowest BCUT2D eigenvalue weighted by atomic mass is 10.00. The summed E-state index contributed by atoms with van der Waals surface area (Å²) in [6.45, 7) is 0.728. The lowest BCUT2D eigenvalue weighted by molar-refractivity contribution is -0.150. The van der Waals surface area contributed by atoms with Crippen molar-refractivity contribution in [2.45, 2.75) is 49.1 Å². The van der Waals surface area contributed by atoms with Gasteiger partial charge in [-0.3, -0.25) is 9.59 Å². The number of ether oxygens (including phenoxy) is 2. The Morgan fingerprint density at radius 3 is 2.39 bits per heavy atom. The Balaban J connectivity index is 1.88. The Kier molecular flexibility index (Phi) is 6.99. The molecule has 1 aliphatic rings. The molecule has 2 N–H and O–H groups in total. The first kappa shape index (κ1) is 21.7. The van der Waals surface area contributed by atoms with Gasteiger partial charge in [0.25, 0.3) is 5.91 Å². The van der Waals surface area contributed by atoms with Gasteiger partial charge < -0.3 is 14.8 Å². The van der Waals surface area contributed by atoms with Crippen molar-refractivity contribution in [1.29, 1.82) is 5.26 Å². The zero-order chi connectivity index (χ0) is 20.8. The Labute approximate surface area is 164 Å². The molecule has 0 heterocycles. The fourth-order valence-electron chi connectivity index (χ4n) is 2.91. The SMILES string of the molecule is COc1ccc(S(=O)(=O)N[C@@H](C)C(=O)OCC(=O)NC2(C#N)CCCC2)cc1. The van der Waals surface area contributed by atoms with Crippen LogP contribution in [0.5, 0.6) is 5.75 Å². The van der Waals surface area contributed by atoms with E-state index in [9.17, 15) is 23.3 Å². The molecular weight excluding hydrogens is 386 g/mol. The van der Waals surface area contributed by atoms with Crippen molar-refractivity contribution >= 4 is 21.9 Å². The number of hydrogen-bond acceptors (Lipinski definition) is 7. The van der Waals surface area contributed by atoms with Gasteiger partial charge in [-0.1, -0.05) is 0 Å². The number of nitrogens with one attached hydrogen (secondary N) is 2. The molecule has 0 aromatic heterocycles. The Hall–Kier alpha value is -2.64. The highest BCUT2D eigenvalue weighted by Crippen LogP contribution is 2.28. The summed E-state index contributed by atoms with van der Waals surface area (Å²) in [5, 5.41) is 11.8. The largest absolute Gasteiger partial charge is 0.497 e. The minimum Gasteiger partial charge on any atom is -0.497 e. The first-order valence-corrected chi connectivity index (χ1v) is 10.2. The van der Waals surface area contributed by atoms with E-state index in [4.69, 9.17) is 9.47 Å². The van der Waals surface area contributed by atoms with E-state index in [0.29, 0.717) is 18.6 Å². The molecule has 1 aromatic rings. The number of rotatable bonds is 8. The third kappa shape index (κ3) is 5.43. The van der Waals surface area contributed by atoms with Crippen LogP contribution >= 0.6 is 0 Å². The van der Waals surface area contributed by atoms with Gasteiger partial charge in [0.05, 0.1) is 18.1 Å². The first-order chi connectivity index (χ1) is 13.2. The van der Waals surface area contributed by atoms with Gasteiger partial charge in [0, 0.05) is 0 Å². The molecule has 0 bridgehead atoms. The zero-order valence-electron chi connectivity index (χ0n) is 15.7. The molecule has 1 saturated carbocycles. The fraction of sp³-hybridized carbons (Fsp3) is 0.500. The predicted molar refractivity (Wildman–Crippen MR) is 98.7 cm³/mol. The molecule has 1 fully saturated rings. The van der Waals surface area contributed by atoms with Crippen molar-refractivity contribution in [3.8, 4) is 11.8 Å². The number of carbonyl (C=O) groups excluding carboxylic acids is 2. The third-order valence-electron chi connectivity index (χ3n) is 4.45. The summed E-state index contributed by atoms with van der Waals surface area (Å²) in [4.78, 5) is 24.0. The average molecular weight is 409 g/mol. The van der Waals surface area contributed by atoms with Crippen LogP contribution in [0, 0.1) is 11.3 Å². The van der Waals surface area contributed by atoms with Crippen LogP contribution in [0.1, 0.15) is 32.6 Å². The van der Waals surface area contributed by atoms with Crippen molar-refractivity contribution in [2.24, 2.45) is 0 Å². The minimum atomic E-state index is -3.95. The second-order valence-electron chi connectivity index (χ2n) is 6.58. The van der Waals surface area contributed by atoms with Gasteiger partial charge in [-0.25, -0.2) is 8.42 Å². The van der Waals surface area contributed by atoms with Crippen LogP contribution in [0.25, 0.3) is 0 Å². The number of nitrogens with zero attached hydrogens (tertiary/aromatic N) is 1. The molecule has 0 saturated heterocycles. The standard InChI is InChI=1S/C18H23N3O6S/c1-13(21-28(24,25)15-7-5-14(26-2)6-8-15)17(23)27-11-16(22)20-18(12-19)9-3-4-10-18/h5-8,13,21H,3-4,9-11H2,1-2H3,(H,20,22)/t13-/m0/s1. The summed E-state index contributed by atoms with van der Waals surface area (Å²) in [7, 11) is -2.49. The number of hydrogen-bond donors (Lipinski definition) is 2. The number of carbonyl (C=O) groups is 2. The maximum atomic E-state index is 12.3. The van der Waals surface area contributed by atoms with Gasteiger partial charge >= 0.3 is 5.97 Å². The Morgan fingerprint density at radius 1 is 1.25 bits per heavy atom. The first-order valence-electron chi connectivity index (χ1n) is 8.77. The molecule has 1 aliphatic carbocycles. The monoisotopic (exact) mass is 409 g/mol. The molecule has 1 atom stereocenters. The van der Waals surface area contributed by atoms with E-state index < -0.39 is 40.1 Å². The number of sulfonamides is 1. The van der Waals surface area contributed by atoms with Gasteiger partial charge in [0.1, 0.15) is 17.3 Å². The van der Waals surface area contributed by atoms with E-state index >= 15 is 0 Å². The smallest absolute Gasteiger partial charge is 0.324 e. The van der Waals surface area contributed by atoms with Crippen molar-refractivity contribution in [3.05, 3.63) is 24.3 Å². The molecule has 10 heteroatoms. The second kappa shape index (κ2) is 9.03. The average Bonchev–Trinajstić information content (AvgIpc) is 3.14. The number of nitriles is 1. The summed E-state index contributed by atoms with van der Waals surface area (Å²) in [5.74, 6) is -0.999. The quantitative estimate of drug-likeness (QED) is 0.608. The normalized spacial score (nSPS) is 16.6. The van der Waals surface area contributed by atoms with Crippen molar-refractivity contribution in [1.82, 2.24) is 10.0 Å². The maximum Gasteiger partial charge on any atom is 0.324 e. The Morgan fingerprint density at radius 2 is 1.86 bits per heavy atom. The minimum absolute atomic E-state index is 0.0390. The molecule has 28 heavy (non-hydrogen) atoms. The van der Waals surface area contributed by atoms with Gasteiger partial charge in [0.15, 0.2) is 6.61 Å². The molecule has 0 radical (unpaired) electrons. The van der Waals surface area contributed by atoms with Crippen LogP contribution < -0.4 is 14.8 Å². The third-order valence-corrected chi connectivity index (χ3v) is 6.01. The molecule has 0 spiro atoms. The van der Waals surface area contributed by atoms with Crippen LogP contribution in [-0.2, 0) is 24.3 Å².